The van der Waals surface area contributed by atoms with E-state index in [2.05, 4.69) is 0 Å². The van der Waals surface area contributed by atoms with E-state index < -0.39 is 30.0 Å². The Morgan fingerprint density at radius 2 is 2.12 bits per heavy atom. The van der Waals surface area contributed by atoms with E-state index in [1.165, 1.54) is 17.0 Å². The molecule has 1 aromatic carbocycles. The molecular formula is C16H16FN3O5. The van der Waals surface area contributed by atoms with Gasteiger partial charge in [0.25, 0.3) is 5.91 Å². The predicted molar refractivity (Wildman–Crippen MR) is 85.4 cm³/mol. The number of cyclic esters (lactones) is 1. The first-order valence-electron chi connectivity index (χ1n) is 7.61. The Morgan fingerprint density at radius 1 is 1.36 bits per heavy atom. The molecule has 1 fully saturated rings. The number of primary amides is 1. The summed E-state index contributed by atoms with van der Waals surface area (Å²) in [6.45, 7) is 0.426. The zero-order chi connectivity index (χ0) is 18.1. The molecule has 2 aliphatic heterocycles. The van der Waals surface area contributed by atoms with E-state index in [1.54, 1.807) is 12.1 Å². The highest BCUT2D eigenvalue weighted by molar-refractivity contribution is 5.95. The topological polar surface area (TPSA) is 113 Å². The average Bonchev–Trinajstić information content (AvgIpc) is 2.97. The number of halogens is 1. The maximum Gasteiger partial charge on any atom is 0.415 e. The minimum atomic E-state index is -1.06. The van der Waals surface area contributed by atoms with E-state index in [1.807, 2.05) is 0 Å². The van der Waals surface area contributed by atoms with Crippen LogP contribution in [-0.4, -0.2) is 53.8 Å². The van der Waals surface area contributed by atoms with Crippen LogP contribution in [0.4, 0.5) is 19.7 Å². The highest BCUT2D eigenvalue weighted by atomic mass is 19.1. The number of ether oxygens (including phenoxy) is 1. The third kappa shape index (κ3) is 3.25. The number of anilines is 1. The Hall–Kier alpha value is -3.10. The van der Waals surface area contributed by atoms with E-state index in [9.17, 15) is 18.8 Å². The van der Waals surface area contributed by atoms with Crippen LogP contribution in [0.2, 0.25) is 0 Å². The highest BCUT2D eigenvalue weighted by Crippen LogP contribution is 2.29. The lowest BCUT2D eigenvalue weighted by atomic mass is 9.98. The Balaban J connectivity index is 1.79. The van der Waals surface area contributed by atoms with Crippen molar-refractivity contribution in [1.29, 1.82) is 0 Å². The number of hydrogen-bond donors (Lipinski definition) is 2. The molecule has 1 aromatic rings. The van der Waals surface area contributed by atoms with Gasteiger partial charge in [-0.15, -0.1) is 0 Å². The smallest absolute Gasteiger partial charge is 0.415 e. The van der Waals surface area contributed by atoms with Crippen molar-refractivity contribution >= 4 is 29.4 Å². The van der Waals surface area contributed by atoms with Gasteiger partial charge in [0.05, 0.1) is 12.2 Å². The predicted octanol–water partition coefficient (Wildman–Crippen LogP) is 1.40. The average molecular weight is 349 g/mol. The zero-order valence-corrected chi connectivity index (χ0v) is 13.1. The number of carboxylic acid groups (broad SMARTS) is 1. The second-order valence-electron chi connectivity index (χ2n) is 5.76. The maximum atomic E-state index is 14.5. The van der Waals surface area contributed by atoms with E-state index in [-0.39, 0.29) is 18.8 Å². The number of amides is 3. The van der Waals surface area contributed by atoms with Gasteiger partial charge < -0.3 is 20.5 Å². The van der Waals surface area contributed by atoms with Crippen molar-refractivity contribution in [3.05, 3.63) is 35.7 Å². The SMILES string of the molecule is NC(=O)C1CN(c2ccc(C3=CCN(C(=O)O)CC3)c(F)c2)C(=O)O1. The summed E-state index contributed by atoms with van der Waals surface area (Å²) in [5.74, 6) is -1.30. The number of nitrogens with two attached hydrogens (primary N) is 1. The Labute approximate surface area is 142 Å². The van der Waals surface area contributed by atoms with Gasteiger partial charge in [0, 0.05) is 18.7 Å². The van der Waals surface area contributed by atoms with E-state index in [0.717, 1.165) is 4.90 Å². The molecule has 0 aliphatic carbocycles. The van der Waals surface area contributed by atoms with Crippen molar-refractivity contribution in [1.82, 2.24) is 4.90 Å². The summed E-state index contributed by atoms with van der Waals surface area (Å²) in [5, 5.41) is 8.93. The zero-order valence-electron chi connectivity index (χ0n) is 13.1. The molecule has 1 atom stereocenters. The second-order valence-corrected chi connectivity index (χ2v) is 5.76. The van der Waals surface area contributed by atoms with Crippen molar-refractivity contribution in [3.63, 3.8) is 0 Å². The summed E-state index contributed by atoms with van der Waals surface area (Å²) < 4.78 is 19.3. The summed E-state index contributed by atoms with van der Waals surface area (Å²) in [6.07, 6.45) is -0.757. The Kier molecular flexibility index (Phi) is 4.30. The highest BCUT2D eigenvalue weighted by Gasteiger charge is 2.36. The number of benzene rings is 1. The second kappa shape index (κ2) is 6.42. The van der Waals surface area contributed by atoms with Gasteiger partial charge >= 0.3 is 12.2 Å². The van der Waals surface area contributed by atoms with Crippen molar-refractivity contribution in [2.45, 2.75) is 12.5 Å². The van der Waals surface area contributed by atoms with Crippen molar-refractivity contribution in [2.24, 2.45) is 5.73 Å². The summed E-state index contributed by atoms with van der Waals surface area (Å²) in [4.78, 5) is 36.2. The first kappa shape index (κ1) is 16.7. The number of carbonyl (C=O) groups is 3. The minimum absolute atomic E-state index is 0.0662. The number of rotatable bonds is 3. The van der Waals surface area contributed by atoms with Gasteiger partial charge in [-0.3, -0.25) is 9.69 Å². The van der Waals surface area contributed by atoms with Crippen LogP contribution in [0.25, 0.3) is 5.57 Å². The number of carbonyl (C=O) groups excluding carboxylic acids is 2. The Morgan fingerprint density at radius 3 is 2.64 bits per heavy atom. The maximum absolute atomic E-state index is 14.5. The van der Waals surface area contributed by atoms with Crippen LogP contribution in [0.5, 0.6) is 0 Å². The van der Waals surface area contributed by atoms with E-state index >= 15 is 0 Å². The first-order chi connectivity index (χ1) is 11.9. The summed E-state index contributed by atoms with van der Waals surface area (Å²) in [7, 11) is 0. The lowest BCUT2D eigenvalue weighted by Crippen LogP contribution is -2.33. The van der Waals surface area contributed by atoms with Gasteiger partial charge in [0.15, 0.2) is 6.10 Å². The molecule has 1 saturated heterocycles. The molecule has 9 heteroatoms. The van der Waals surface area contributed by atoms with Gasteiger partial charge in [-0.25, -0.2) is 14.0 Å². The fourth-order valence-electron chi connectivity index (χ4n) is 2.84. The van der Waals surface area contributed by atoms with Gasteiger partial charge in [-0.1, -0.05) is 6.08 Å². The standard InChI is InChI=1S/C16H16FN3O5/c17-12-7-10(20-8-13(14(18)21)25-16(20)24)1-2-11(12)9-3-5-19(6-4-9)15(22)23/h1-3,7,13H,4-6,8H2,(H2,18,21)(H,22,23). The molecule has 25 heavy (non-hydrogen) atoms. The molecule has 0 radical (unpaired) electrons. The molecule has 2 aliphatic rings. The molecule has 3 amide bonds. The quantitative estimate of drug-likeness (QED) is 0.856. The number of hydrogen-bond acceptors (Lipinski definition) is 4. The van der Waals surface area contributed by atoms with Crippen molar-refractivity contribution in [3.8, 4) is 0 Å². The molecular weight excluding hydrogens is 333 g/mol. The summed E-state index contributed by atoms with van der Waals surface area (Å²) in [5.41, 5.74) is 6.44. The van der Waals surface area contributed by atoms with Gasteiger partial charge in [-0.05, 0) is 30.2 Å². The minimum Gasteiger partial charge on any atom is -0.465 e. The third-order valence-corrected chi connectivity index (χ3v) is 4.22. The number of nitrogens with zero attached hydrogens (tertiary/aromatic N) is 2. The van der Waals surface area contributed by atoms with Gasteiger partial charge in [0.2, 0.25) is 0 Å². The van der Waals surface area contributed by atoms with Gasteiger partial charge in [-0.2, -0.15) is 0 Å². The molecule has 132 valence electrons. The van der Waals surface area contributed by atoms with Crippen LogP contribution in [0, 0.1) is 5.82 Å². The van der Waals surface area contributed by atoms with Crippen LogP contribution in [0.15, 0.2) is 24.3 Å². The van der Waals surface area contributed by atoms with Crippen LogP contribution in [-0.2, 0) is 9.53 Å². The molecule has 0 saturated carbocycles. The molecule has 0 bridgehead atoms. The molecule has 3 N–H and O–H groups in total. The fraction of sp³-hybridized carbons (Fsp3) is 0.312. The molecule has 0 spiro atoms. The summed E-state index contributed by atoms with van der Waals surface area (Å²) >= 11 is 0. The van der Waals surface area contributed by atoms with E-state index in [0.29, 0.717) is 24.1 Å². The monoisotopic (exact) mass is 349 g/mol. The molecule has 8 nitrogen and oxygen atoms in total. The van der Waals surface area contributed by atoms with Crippen LogP contribution < -0.4 is 10.6 Å². The lowest BCUT2D eigenvalue weighted by Gasteiger charge is -2.24. The molecule has 2 heterocycles. The molecule has 0 aromatic heterocycles. The fourth-order valence-corrected chi connectivity index (χ4v) is 2.84. The first-order valence-corrected chi connectivity index (χ1v) is 7.61. The third-order valence-electron chi connectivity index (χ3n) is 4.22. The Bertz CT molecular complexity index is 779. The largest absolute Gasteiger partial charge is 0.465 e. The van der Waals surface area contributed by atoms with Crippen LogP contribution >= 0.6 is 0 Å². The van der Waals surface area contributed by atoms with Crippen molar-refractivity contribution in [2.75, 3.05) is 24.5 Å². The van der Waals surface area contributed by atoms with Gasteiger partial charge in [0.1, 0.15) is 5.82 Å². The van der Waals surface area contributed by atoms with Crippen molar-refractivity contribution < 1.29 is 28.6 Å². The van der Waals surface area contributed by atoms with E-state index in [4.69, 9.17) is 15.6 Å². The molecule has 3 rings (SSSR count). The van der Waals surface area contributed by atoms with Crippen LogP contribution in [0.3, 0.4) is 0 Å². The summed E-state index contributed by atoms with van der Waals surface area (Å²) in [6, 6.07) is 4.26. The lowest BCUT2D eigenvalue weighted by molar-refractivity contribution is -0.124. The normalized spacial score (nSPS) is 20.3. The van der Waals surface area contributed by atoms with Crippen LogP contribution in [0.1, 0.15) is 12.0 Å². The molecule has 1 unspecified atom stereocenters.